The van der Waals surface area contributed by atoms with Gasteiger partial charge in [0.1, 0.15) is 35.2 Å². The van der Waals surface area contributed by atoms with Crippen LogP contribution in [-0.4, -0.2) is 114 Å². The number of carboxylic acid groups (broad SMARTS) is 1. The fourth-order valence-corrected chi connectivity index (χ4v) is 8.60. The first kappa shape index (κ1) is 41.2. The SMILES string of the molecule is C#CCC(NC(=O)C=C)[C@@H](C(=O)N1C[C@H](Oc2cc(-c3ccccc3)nc3cc(OC)ccc23)C[C@H]1C(=O)N[C@]1(C(=O)NS(=O)(=O)C2CC2)C[C@H]1C=C)N(C)C(=O)O. The Kier molecular flexibility index (Phi) is 11.8. The van der Waals surface area contributed by atoms with Gasteiger partial charge >= 0.3 is 6.09 Å². The molecule has 4 N–H and O–H groups in total. The minimum absolute atomic E-state index is 0.0474. The number of nitrogens with zero attached hydrogens (tertiary/aromatic N) is 3. The summed E-state index contributed by atoms with van der Waals surface area (Å²) >= 11 is 0. The van der Waals surface area contributed by atoms with E-state index >= 15 is 0 Å². The zero-order chi connectivity index (χ0) is 41.9. The molecule has 6 rings (SSSR count). The van der Waals surface area contributed by atoms with Gasteiger partial charge in [-0.1, -0.05) is 43.0 Å². The molecule has 2 aliphatic carbocycles. The second-order valence-corrected chi connectivity index (χ2v) is 16.4. The number of carbonyl (C=O) groups excluding carboxylic acids is 4. The van der Waals surface area contributed by atoms with Crippen LogP contribution in [0.25, 0.3) is 22.2 Å². The topological polar surface area (TPSA) is 214 Å². The molecule has 304 valence electrons. The molecule has 1 aliphatic heterocycles. The number of rotatable bonds is 16. The van der Waals surface area contributed by atoms with Crippen molar-refractivity contribution in [3.63, 3.8) is 0 Å². The standard InChI is InChI=1S/C41H44N6O10S/c1-6-12-30(43-35(48)8-3)36(46(4)40(52)53)38(50)47-23-27(20-33(47)37(49)44-41(22-25(41)7-2)39(51)45-58(54,55)28-16-17-28)57-34-21-31(24-13-10-9-11-14-24)42-32-19-26(56-5)15-18-29(32)34/h1,7-11,13-15,18-19,21,25,27-28,30,33,36H,2-3,12,16-17,20,22-23H2,4-5H3,(H,43,48)(H,44,49)(H,45,51)(H,52,53)/t25-,27-,30?,33+,36+,41-/m1/s1. The smallest absolute Gasteiger partial charge is 0.407 e. The number of methoxy groups -OCH3 is 1. The number of carbonyl (C=O) groups is 5. The number of likely N-dealkylation sites (tertiary alicyclic amines) is 1. The van der Waals surface area contributed by atoms with Crippen LogP contribution in [-0.2, 0) is 29.2 Å². The van der Waals surface area contributed by atoms with E-state index in [2.05, 4.69) is 34.4 Å². The highest BCUT2D eigenvalue weighted by Crippen LogP contribution is 2.45. The van der Waals surface area contributed by atoms with Crippen molar-refractivity contribution in [2.24, 2.45) is 5.92 Å². The highest BCUT2D eigenvalue weighted by molar-refractivity contribution is 7.91. The van der Waals surface area contributed by atoms with Crippen LogP contribution in [0.5, 0.6) is 11.5 Å². The summed E-state index contributed by atoms with van der Waals surface area (Å²) in [4.78, 5) is 74.4. The predicted molar refractivity (Wildman–Crippen MR) is 213 cm³/mol. The Morgan fingerprint density at radius 3 is 2.47 bits per heavy atom. The van der Waals surface area contributed by atoms with Crippen LogP contribution in [0.1, 0.15) is 32.1 Å². The number of benzene rings is 2. The molecule has 0 bridgehead atoms. The molecule has 2 saturated carbocycles. The van der Waals surface area contributed by atoms with Gasteiger partial charge in [-0.05, 0) is 37.5 Å². The molecule has 3 aliphatic rings. The van der Waals surface area contributed by atoms with Crippen LogP contribution in [0, 0.1) is 18.3 Å². The van der Waals surface area contributed by atoms with Crippen molar-refractivity contribution in [3.05, 3.63) is 79.9 Å². The van der Waals surface area contributed by atoms with Gasteiger partial charge in [0.05, 0.1) is 36.2 Å². The van der Waals surface area contributed by atoms with Gasteiger partial charge in [-0.2, -0.15) is 0 Å². The summed E-state index contributed by atoms with van der Waals surface area (Å²) in [7, 11) is -1.33. The number of pyridine rings is 1. The van der Waals surface area contributed by atoms with Crippen molar-refractivity contribution in [2.75, 3.05) is 20.7 Å². The highest BCUT2D eigenvalue weighted by Gasteiger charge is 2.62. The third kappa shape index (κ3) is 8.47. The van der Waals surface area contributed by atoms with E-state index in [9.17, 15) is 37.5 Å². The van der Waals surface area contributed by atoms with Crippen LogP contribution >= 0.6 is 0 Å². The van der Waals surface area contributed by atoms with Crippen LogP contribution < -0.4 is 24.8 Å². The molecule has 1 saturated heterocycles. The van der Waals surface area contributed by atoms with Crippen molar-refractivity contribution < 1.29 is 47.0 Å². The van der Waals surface area contributed by atoms with Gasteiger partial charge in [0, 0.05) is 48.9 Å². The largest absolute Gasteiger partial charge is 0.497 e. The van der Waals surface area contributed by atoms with E-state index in [1.807, 2.05) is 30.3 Å². The number of nitrogens with one attached hydrogen (secondary N) is 3. The molecule has 0 radical (unpaired) electrons. The summed E-state index contributed by atoms with van der Waals surface area (Å²) in [5.41, 5.74) is 0.202. The van der Waals surface area contributed by atoms with Gasteiger partial charge in [0.15, 0.2) is 0 Å². The molecule has 16 nitrogen and oxygen atoms in total. The second kappa shape index (κ2) is 16.6. The number of fused-ring (bicyclic) bond motifs is 1. The average Bonchev–Trinajstić information content (AvgIpc) is 4.14. The Labute approximate surface area is 335 Å². The van der Waals surface area contributed by atoms with Gasteiger partial charge < -0.3 is 30.1 Å². The molecule has 58 heavy (non-hydrogen) atoms. The third-order valence-corrected chi connectivity index (χ3v) is 12.5. The molecular weight excluding hydrogens is 769 g/mol. The number of hydrogen-bond acceptors (Lipinski definition) is 10. The number of likely N-dealkylation sites (N-methyl/N-ethyl adjacent to an activating group) is 1. The first-order valence-electron chi connectivity index (χ1n) is 18.5. The molecule has 1 aromatic heterocycles. The Morgan fingerprint density at radius 1 is 1.14 bits per heavy atom. The van der Waals surface area contributed by atoms with E-state index in [0.29, 0.717) is 45.8 Å². The number of aromatic nitrogens is 1. The maximum Gasteiger partial charge on any atom is 0.407 e. The molecule has 2 heterocycles. The lowest BCUT2D eigenvalue weighted by molar-refractivity contribution is -0.143. The quantitative estimate of drug-likeness (QED) is 0.0938. The molecule has 1 unspecified atom stereocenters. The molecule has 0 spiro atoms. The normalized spacial score (nSPS) is 22.0. The monoisotopic (exact) mass is 812 g/mol. The van der Waals surface area contributed by atoms with E-state index < -0.39 is 80.7 Å². The lowest BCUT2D eigenvalue weighted by Crippen LogP contribution is -2.62. The lowest BCUT2D eigenvalue weighted by Gasteiger charge is -2.36. The van der Waals surface area contributed by atoms with E-state index in [1.54, 1.807) is 24.3 Å². The maximum absolute atomic E-state index is 14.8. The van der Waals surface area contributed by atoms with Gasteiger partial charge in [-0.25, -0.2) is 18.2 Å². The van der Waals surface area contributed by atoms with Crippen molar-refractivity contribution in [2.45, 2.75) is 67.1 Å². The summed E-state index contributed by atoms with van der Waals surface area (Å²) in [5, 5.41) is 15.2. The van der Waals surface area contributed by atoms with E-state index in [4.69, 9.17) is 20.9 Å². The van der Waals surface area contributed by atoms with Crippen molar-refractivity contribution in [1.29, 1.82) is 0 Å². The summed E-state index contributed by atoms with van der Waals surface area (Å²) in [6.07, 6.45) is 6.02. The van der Waals surface area contributed by atoms with Gasteiger partial charge in [0.2, 0.25) is 27.7 Å². The summed E-state index contributed by atoms with van der Waals surface area (Å²) in [6, 6.07) is 12.0. The Hall–Kier alpha value is -6.41. The Balaban J connectivity index is 1.39. The number of terminal acetylenes is 1. The maximum atomic E-state index is 14.8. The summed E-state index contributed by atoms with van der Waals surface area (Å²) in [6.45, 7) is 6.93. The highest BCUT2D eigenvalue weighted by atomic mass is 32.2. The van der Waals surface area contributed by atoms with E-state index in [0.717, 1.165) is 23.6 Å². The van der Waals surface area contributed by atoms with E-state index in [1.165, 1.54) is 13.2 Å². The predicted octanol–water partition coefficient (Wildman–Crippen LogP) is 2.60. The minimum atomic E-state index is -3.99. The Bertz CT molecular complexity index is 2310. The number of ether oxygens (including phenoxy) is 2. The molecule has 5 amide bonds. The van der Waals surface area contributed by atoms with Crippen molar-refractivity contribution in [3.8, 4) is 35.1 Å². The number of hydrogen-bond donors (Lipinski definition) is 4. The van der Waals surface area contributed by atoms with Crippen LogP contribution in [0.4, 0.5) is 4.79 Å². The fraction of sp³-hybridized carbons (Fsp3) is 0.366. The van der Waals surface area contributed by atoms with Crippen LogP contribution in [0.15, 0.2) is 79.9 Å². The molecule has 2 aromatic carbocycles. The summed E-state index contributed by atoms with van der Waals surface area (Å²) in [5.74, 6) is -0.708. The van der Waals surface area contributed by atoms with Crippen molar-refractivity contribution >= 4 is 50.6 Å². The molecule has 17 heteroatoms. The van der Waals surface area contributed by atoms with E-state index in [-0.39, 0.29) is 25.8 Å². The zero-order valence-corrected chi connectivity index (χ0v) is 32.7. The second-order valence-electron chi connectivity index (χ2n) is 14.5. The third-order valence-electron chi connectivity index (χ3n) is 10.6. The first-order chi connectivity index (χ1) is 27.7. The molecule has 3 fully saturated rings. The van der Waals surface area contributed by atoms with Crippen LogP contribution in [0.3, 0.4) is 0 Å². The van der Waals surface area contributed by atoms with Gasteiger partial charge in [-0.3, -0.25) is 28.8 Å². The minimum Gasteiger partial charge on any atom is -0.497 e. The Morgan fingerprint density at radius 2 is 1.86 bits per heavy atom. The van der Waals surface area contributed by atoms with Crippen molar-refractivity contribution in [1.82, 2.24) is 30.1 Å². The lowest BCUT2D eigenvalue weighted by atomic mass is 10.0. The molecule has 6 atom stereocenters. The number of sulfonamides is 1. The first-order valence-corrected chi connectivity index (χ1v) is 20.0. The van der Waals surface area contributed by atoms with Gasteiger partial charge in [0.25, 0.3) is 5.91 Å². The average molecular weight is 813 g/mol. The number of amides is 5. The molecular formula is C41H44N6O10S. The zero-order valence-electron chi connectivity index (χ0n) is 31.9. The van der Waals surface area contributed by atoms with Crippen LogP contribution in [0.2, 0.25) is 0 Å². The van der Waals surface area contributed by atoms with Gasteiger partial charge in [-0.15, -0.1) is 18.9 Å². The summed E-state index contributed by atoms with van der Waals surface area (Å²) < 4.78 is 39.7. The fourth-order valence-electron chi connectivity index (χ4n) is 7.24. The molecule has 3 aromatic rings.